The van der Waals surface area contributed by atoms with Crippen LogP contribution >= 0.6 is 11.3 Å². The van der Waals surface area contributed by atoms with Crippen molar-refractivity contribution in [3.8, 4) is 0 Å². The van der Waals surface area contributed by atoms with Gasteiger partial charge in [0.15, 0.2) is 0 Å². The minimum Gasteiger partial charge on any atom is -0.315 e. The first-order valence-corrected chi connectivity index (χ1v) is 7.96. The number of piperazine rings is 3. The first-order chi connectivity index (χ1) is 8.86. The van der Waals surface area contributed by atoms with E-state index in [1.165, 1.54) is 51.1 Å². The summed E-state index contributed by atoms with van der Waals surface area (Å²) in [6, 6.07) is 3.61. The van der Waals surface area contributed by atoms with Gasteiger partial charge in [-0.1, -0.05) is 0 Å². The lowest BCUT2D eigenvalue weighted by Crippen LogP contribution is -2.66. The minimum atomic E-state index is 0.632. The molecule has 4 rings (SSSR count). The molecule has 0 radical (unpaired) electrons. The molecule has 3 aliphatic heterocycles. The summed E-state index contributed by atoms with van der Waals surface area (Å²) in [6.45, 7) is 6.34. The molecule has 0 spiro atoms. The van der Waals surface area contributed by atoms with Crippen LogP contribution < -0.4 is 5.32 Å². The number of nitrogens with zero attached hydrogens (tertiary/aromatic N) is 2. The van der Waals surface area contributed by atoms with Crippen LogP contribution in [0.2, 0.25) is 0 Å². The van der Waals surface area contributed by atoms with Gasteiger partial charge in [-0.05, 0) is 42.3 Å². The van der Waals surface area contributed by atoms with Gasteiger partial charge in [-0.25, -0.2) is 0 Å². The SMILES string of the molecule is CNC(CCc1ccsc1)C1CN2CCN1CC2. The zero-order valence-corrected chi connectivity index (χ0v) is 12.0. The number of hydrogen-bond acceptors (Lipinski definition) is 4. The van der Waals surface area contributed by atoms with Crippen LogP contribution in [0.5, 0.6) is 0 Å². The third-order valence-electron chi connectivity index (χ3n) is 4.48. The second-order valence-electron chi connectivity index (χ2n) is 5.47. The Morgan fingerprint density at radius 1 is 1.39 bits per heavy atom. The van der Waals surface area contributed by atoms with Gasteiger partial charge in [0.2, 0.25) is 0 Å². The van der Waals surface area contributed by atoms with Gasteiger partial charge in [0.25, 0.3) is 0 Å². The topological polar surface area (TPSA) is 18.5 Å². The average molecular weight is 265 g/mol. The van der Waals surface area contributed by atoms with Crippen molar-refractivity contribution >= 4 is 11.3 Å². The smallest absolute Gasteiger partial charge is 0.0377 e. The fourth-order valence-corrected chi connectivity index (χ4v) is 4.03. The number of aryl methyl sites for hydroxylation is 1. The number of hydrogen-bond donors (Lipinski definition) is 1. The van der Waals surface area contributed by atoms with E-state index in [4.69, 9.17) is 0 Å². The van der Waals surface area contributed by atoms with Crippen LogP contribution in [0.15, 0.2) is 16.8 Å². The van der Waals surface area contributed by atoms with Crippen molar-refractivity contribution < 1.29 is 0 Å². The molecule has 1 aromatic heterocycles. The maximum Gasteiger partial charge on any atom is 0.0377 e. The monoisotopic (exact) mass is 265 g/mol. The zero-order valence-electron chi connectivity index (χ0n) is 11.1. The molecule has 2 atom stereocenters. The second-order valence-corrected chi connectivity index (χ2v) is 6.25. The van der Waals surface area contributed by atoms with Crippen molar-refractivity contribution in [1.82, 2.24) is 15.1 Å². The summed E-state index contributed by atoms with van der Waals surface area (Å²) >= 11 is 1.81. The highest BCUT2D eigenvalue weighted by Crippen LogP contribution is 2.21. The van der Waals surface area contributed by atoms with Gasteiger partial charge in [0, 0.05) is 44.8 Å². The van der Waals surface area contributed by atoms with Crippen LogP contribution in [-0.2, 0) is 6.42 Å². The molecule has 4 heteroatoms. The summed E-state index contributed by atoms with van der Waals surface area (Å²) in [4.78, 5) is 5.31. The van der Waals surface area contributed by atoms with Crippen molar-refractivity contribution in [3.63, 3.8) is 0 Å². The third-order valence-corrected chi connectivity index (χ3v) is 5.21. The van der Waals surface area contributed by atoms with Gasteiger partial charge in [-0.3, -0.25) is 9.80 Å². The molecule has 2 bridgehead atoms. The van der Waals surface area contributed by atoms with Gasteiger partial charge >= 0.3 is 0 Å². The molecule has 1 N–H and O–H groups in total. The van der Waals surface area contributed by atoms with E-state index in [-0.39, 0.29) is 0 Å². The van der Waals surface area contributed by atoms with Crippen LogP contribution in [0.3, 0.4) is 0 Å². The van der Waals surface area contributed by atoms with Crippen molar-refractivity contribution in [2.75, 3.05) is 39.8 Å². The summed E-state index contributed by atoms with van der Waals surface area (Å²) in [5, 5.41) is 8.02. The predicted molar refractivity (Wildman–Crippen MR) is 77.3 cm³/mol. The summed E-state index contributed by atoms with van der Waals surface area (Å²) in [7, 11) is 2.12. The van der Waals surface area contributed by atoms with Gasteiger partial charge in [-0.2, -0.15) is 11.3 Å². The Bertz CT molecular complexity index is 357. The van der Waals surface area contributed by atoms with Gasteiger partial charge in [0.1, 0.15) is 0 Å². The Labute approximate surface area is 114 Å². The van der Waals surface area contributed by atoms with E-state index < -0.39 is 0 Å². The van der Waals surface area contributed by atoms with Crippen LogP contribution in [0.4, 0.5) is 0 Å². The Morgan fingerprint density at radius 3 is 2.78 bits per heavy atom. The molecule has 3 fully saturated rings. The maximum absolute atomic E-state index is 3.55. The molecule has 0 amide bonds. The molecular formula is C14H23N3S. The molecule has 0 aliphatic carbocycles. The molecule has 3 aliphatic rings. The van der Waals surface area contributed by atoms with Crippen molar-refractivity contribution in [2.45, 2.75) is 24.9 Å². The van der Waals surface area contributed by atoms with Crippen molar-refractivity contribution in [1.29, 1.82) is 0 Å². The van der Waals surface area contributed by atoms with E-state index in [2.05, 4.69) is 39.0 Å². The molecule has 2 unspecified atom stereocenters. The number of rotatable bonds is 5. The Balaban J connectivity index is 1.58. The van der Waals surface area contributed by atoms with Crippen LogP contribution in [-0.4, -0.2) is 61.7 Å². The van der Waals surface area contributed by atoms with E-state index >= 15 is 0 Å². The fourth-order valence-electron chi connectivity index (χ4n) is 3.33. The molecular weight excluding hydrogens is 242 g/mol. The van der Waals surface area contributed by atoms with Crippen molar-refractivity contribution in [3.05, 3.63) is 22.4 Å². The van der Waals surface area contributed by atoms with Gasteiger partial charge in [0.05, 0.1) is 0 Å². The van der Waals surface area contributed by atoms with Crippen LogP contribution in [0.25, 0.3) is 0 Å². The van der Waals surface area contributed by atoms with Crippen molar-refractivity contribution in [2.24, 2.45) is 0 Å². The quantitative estimate of drug-likeness (QED) is 0.865. The highest BCUT2D eigenvalue weighted by molar-refractivity contribution is 7.07. The second kappa shape index (κ2) is 5.70. The normalized spacial score (nSPS) is 32.6. The summed E-state index contributed by atoms with van der Waals surface area (Å²) < 4.78 is 0. The predicted octanol–water partition coefficient (Wildman–Crippen LogP) is 1.27. The van der Waals surface area contributed by atoms with Gasteiger partial charge < -0.3 is 5.32 Å². The summed E-state index contributed by atoms with van der Waals surface area (Å²) in [6.07, 6.45) is 2.46. The van der Waals surface area contributed by atoms with Crippen LogP contribution in [0, 0.1) is 0 Å². The minimum absolute atomic E-state index is 0.632. The van der Waals surface area contributed by atoms with E-state index in [9.17, 15) is 0 Å². The number of likely N-dealkylation sites (N-methyl/N-ethyl adjacent to an activating group) is 1. The molecule has 3 saturated heterocycles. The van der Waals surface area contributed by atoms with E-state index in [1.807, 2.05) is 11.3 Å². The lowest BCUT2D eigenvalue weighted by molar-refractivity contribution is -0.00326. The number of thiophene rings is 1. The van der Waals surface area contributed by atoms with Crippen LogP contribution in [0.1, 0.15) is 12.0 Å². The summed E-state index contributed by atoms with van der Waals surface area (Å²) in [5.41, 5.74) is 1.50. The average Bonchev–Trinajstić information content (AvgIpc) is 2.94. The maximum atomic E-state index is 3.55. The third kappa shape index (κ3) is 2.62. The van der Waals surface area contributed by atoms with E-state index in [0.717, 1.165) is 6.04 Å². The first-order valence-electron chi connectivity index (χ1n) is 7.01. The van der Waals surface area contributed by atoms with E-state index in [1.54, 1.807) is 0 Å². The largest absolute Gasteiger partial charge is 0.315 e. The summed E-state index contributed by atoms with van der Waals surface area (Å²) in [5.74, 6) is 0. The Morgan fingerprint density at radius 2 is 2.22 bits per heavy atom. The van der Waals surface area contributed by atoms with Gasteiger partial charge in [-0.15, -0.1) is 0 Å². The van der Waals surface area contributed by atoms with E-state index in [0.29, 0.717) is 6.04 Å². The number of nitrogens with one attached hydrogen (secondary N) is 1. The lowest BCUT2D eigenvalue weighted by Gasteiger charge is -2.50. The Kier molecular flexibility index (Phi) is 3.99. The molecule has 100 valence electrons. The Hall–Kier alpha value is -0.420. The molecule has 0 saturated carbocycles. The highest BCUT2D eigenvalue weighted by Gasteiger charge is 2.35. The molecule has 4 heterocycles. The highest BCUT2D eigenvalue weighted by atomic mass is 32.1. The molecule has 3 nitrogen and oxygen atoms in total. The molecule has 18 heavy (non-hydrogen) atoms. The first kappa shape index (κ1) is 12.6. The number of fused-ring (bicyclic) bond motifs is 3. The standard InChI is InChI=1S/C14H23N3S/c1-15-13(3-2-12-4-9-18-11-12)14-10-16-5-7-17(14)8-6-16/h4,9,11,13-15H,2-3,5-8,10H2,1H3. The fraction of sp³-hybridized carbons (Fsp3) is 0.714. The molecule has 0 aromatic carbocycles. The zero-order chi connectivity index (χ0) is 12.4. The lowest BCUT2D eigenvalue weighted by atomic mass is 9.95. The molecule has 1 aromatic rings.